The van der Waals surface area contributed by atoms with Gasteiger partial charge in [0.05, 0.1) is 5.60 Å². The minimum absolute atomic E-state index is 0.417. The topological polar surface area (TPSA) is 9.23 Å². The van der Waals surface area contributed by atoms with E-state index in [0.29, 0.717) is 5.60 Å². The monoisotopic (exact) mass is 164 g/mol. The lowest BCUT2D eigenvalue weighted by atomic mass is 10.1. The van der Waals surface area contributed by atoms with Crippen LogP contribution in [0.2, 0.25) is 0 Å². The first-order chi connectivity index (χ1) is 5.83. The highest BCUT2D eigenvalue weighted by Crippen LogP contribution is 2.98. The largest absolute Gasteiger partial charge is 0.377 e. The lowest BCUT2D eigenvalue weighted by molar-refractivity contribution is 0.0289. The Morgan fingerprint density at radius 3 is 1.75 bits per heavy atom. The van der Waals surface area contributed by atoms with Gasteiger partial charge in [0.15, 0.2) is 0 Å². The molecule has 0 aromatic heterocycles. The molecule has 2 spiro atoms. The Morgan fingerprint density at radius 1 is 1.00 bits per heavy atom. The van der Waals surface area contributed by atoms with E-state index >= 15 is 0 Å². The van der Waals surface area contributed by atoms with Crippen LogP contribution in [0.3, 0.4) is 0 Å². The van der Waals surface area contributed by atoms with Gasteiger partial charge in [0.2, 0.25) is 0 Å². The summed E-state index contributed by atoms with van der Waals surface area (Å²) in [5.74, 6) is 0.965. The van der Waals surface area contributed by atoms with E-state index in [0.717, 1.165) is 16.7 Å². The minimum atomic E-state index is 0.417. The summed E-state index contributed by atoms with van der Waals surface area (Å²) in [5, 5.41) is 0. The molecule has 1 heteroatoms. The molecule has 0 N–H and O–H groups in total. The van der Waals surface area contributed by atoms with Crippen LogP contribution in [0.1, 0.15) is 38.5 Å². The summed E-state index contributed by atoms with van der Waals surface area (Å²) in [6, 6.07) is 0. The van der Waals surface area contributed by atoms with Crippen molar-refractivity contribution in [2.45, 2.75) is 44.1 Å². The number of hydrogen-bond donors (Lipinski definition) is 0. The van der Waals surface area contributed by atoms with Crippen molar-refractivity contribution in [2.24, 2.45) is 16.7 Å². The van der Waals surface area contributed by atoms with E-state index in [4.69, 9.17) is 4.74 Å². The van der Waals surface area contributed by atoms with Gasteiger partial charge >= 0.3 is 0 Å². The molecule has 4 aliphatic carbocycles. The fourth-order valence-corrected chi connectivity index (χ4v) is 4.62. The second-order valence-corrected chi connectivity index (χ2v) is 5.38. The van der Waals surface area contributed by atoms with E-state index < -0.39 is 0 Å². The third-order valence-corrected chi connectivity index (χ3v) is 5.25. The van der Waals surface area contributed by atoms with Gasteiger partial charge in [0, 0.05) is 17.9 Å². The molecule has 0 aromatic carbocycles. The van der Waals surface area contributed by atoms with Gasteiger partial charge in [-0.2, -0.15) is 0 Å². The van der Waals surface area contributed by atoms with Crippen LogP contribution in [0.25, 0.3) is 0 Å². The van der Waals surface area contributed by atoms with Crippen molar-refractivity contribution >= 4 is 0 Å². The van der Waals surface area contributed by atoms with Crippen molar-refractivity contribution in [2.75, 3.05) is 7.11 Å². The molecule has 0 aromatic rings. The Kier molecular flexibility index (Phi) is 0.744. The fraction of sp³-hybridized carbons (Fsp3) is 1.00. The molecule has 0 amide bonds. The molecule has 4 aliphatic rings. The Balaban J connectivity index is 1.81. The predicted octanol–water partition coefficient (Wildman–Crippen LogP) is 2.36. The van der Waals surface area contributed by atoms with Gasteiger partial charge in [0.1, 0.15) is 0 Å². The van der Waals surface area contributed by atoms with Gasteiger partial charge < -0.3 is 4.74 Å². The number of methoxy groups -OCH3 is 1. The van der Waals surface area contributed by atoms with Crippen LogP contribution in [0.4, 0.5) is 0 Å². The second kappa shape index (κ2) is 1.39. The predicted molar refractivity (Wildman–Crippen MR) is 45.8 cm³/mol. The van der Waals surface area contributed by atoms with E-state index in [2.05, 4.69) is 0 Å². The zero-order valence-electron chi connectivity index (χ0n) is 7.73. The summed E-state index contributed by atoms with van der Waals surface area (Å²) in [7, 11) is 1.96. The van der Waals surface area contributed by atoms with Crippen LogP contribution < -0.4 is 0 Å². The maximum absolute atomic E-state index is 5.93. The average Bonchev–Trinajstić information content (AvgIpc) is 2.95. The first-order valence-corrected chi connectivity index (χ1v) is 5.38. The summed E-state index contributed by atoms with van der Waals surface area (Å²) in [5.41, 5.74) is 1.88. The molecule has 0 bridgehead atoms. The molecule has 0 unspecified atom stereocenters. The van der Waals surface area contributed by atoms with Gasteiger partial charge in [-0.15, -0.1) is 0 Å². The van der Waals surface area contributed by atoms with Crippen molar-refractivity contribution < 1.29 is 4.74 Å². The van der Waals surface area contributed by atoms with Crippen molar-refractivity contribution in [1.29, 1.82) is 0 Å². The normalized spacial score (nSPS) is 41.8. The standard InChI is InChI=1S/C11H16O/c1-12-11(8-2-3-8)9(4-5-9)10(11)6-7-10/h8H,2-7H2,1H3. The van der Waals surface area contributed by atoms with Crippen LogP contribution in [0.15, 0.2) is 0 Å². The molecular weight excluding hydrogens is 148 g/mol. The van der Waals surface area contributed by atoms with Crippen LogP contribution in [0.5, 0.6) is 0 Å². The van der Waals surface area contributed by atoms with Gasteiger partial charge in [-0.05, 0) is 44.4 Å². The van der Waals surface area contributed by atoms with Crippen LogP contribution >= 0.6 is 0 Å². The first-order valence-electron chi connectivity index (χ1n) is 5.38. The summed E-state index contributed by atoms with van der Waals surface area (Å²) in [6.07, 6.45) is 8.85. The zero-order valence-corrected chi connectivity index (χ0v) is 7.73. The molecule has 4 fully saturated rings. The molecule has 0 aliphatic heterocycles. The van der Waals surface area contributed by atoms with Crippen molar-refractivity contribution in [3.63, 3.8) is 0 Å². The van der Waals surface area contributed by atoms with Crippen LogP contribution in [0, 0.1) is 16.7 Å². The molecule has 12 heavy (non-hydrogen) atoms. The van der Waals surface area contributed by atoms with Crippen molar-refractivity contribution in [3.05, 3.63) is 0 Å². The molecule has 0 radical (unpaired) electrons. The quantitative estimate of drug-likeness (QED) is 0.608. The van der Waals surface area contributed by atoms with E-state index in [1.807, 2.05) is 7.11 Å². The molecule has 0 saturated heterocycles. The first kappa shape index (κ1) is 6.42. The summed E-state index contributed by atoms with van der Waals surface area (Å²) in [6.45, 7) is 0. The maximum Gasteiger partial charge on any atom is 0.0831 e. The van der Waals surface area contributed by atoms with E-state index in [1.165, 1.54) is 38.5 Å². The van der Waals surface area contributed by atoms with Crippen LogP contribution in [-0.2, 0) is 4.74 Å². The molecule has 0 atom stereocenters. The second-order valence-electron chi connectivity index (χ2n) is 5.38. The lowest BCUT2D eigenvalue weighted by Gasteiger charge is -2.15. The molecule has 1 nitrogen and oxygen atoms in total. The lowest BCUT2D eigenvalue weighted by Crippen LogP contribution is -2.20. The smallest absolute Gasteiger partial charge is 0.0831 e. The Morgan fingerprint density at radius 2 is 1.50 bits per heavy atom. The highest BCUT2D eigenvalue weighted by Gasteiger charge is 2.98. The maximum atomic E-state index is 5.93. The van der Waals surface area contributed by atoms with E-state index in [9.17, 15) is 0 Å². The van der Waals surface area contributed by atoms with Gasteiger partial charge in [-0.25, -0.2) is 0 Å². The summed E-state index contributed by atoms with van der Waals surface area (Å²) in [4.78, 5) is 0. The highest BCUT2D eigenvalue weighted by atomic mass is 16.5. The SMILES string of the molecule is COC1(C2CC2)C2(CC2)C12CC2. The number of ether oxygens (including phenoxy) is 1. The van der Waals surface area contributed by atoms with E-state index in [1.54, 1.807) is 0 Å². The number of rotatable bonds is 2. The number of fused-ring (bicyclic) bond motifs is 1. The molecule has 4 rings (SSSR count). The summed E-state index contributed by atoms with van der Waals surface area (Å²) >= 11 is 0. The van der Waals surface area contributed by atoms with Crippen molar-refractivity contribution in [3.8, 4) is 0 Å². The fourth-order valence-electron chi connectivity index (χ4n) is 4.62. The Labute approximate surface area is 73.5 Å². The highest BCUT2D eigenvalue weighted by molar-refractivity contribution is 5.47. The van der Waals surface area contributed by atoms with Gasteiger partial charge in [-0.1, -0.05) is 0 Å². The molecule has 4 saturated carbocycles. The van der Waals surface area contributed by atoms with E-state index in [-0.39, 0.29) is 0 Å². The number of hydrogen-bond acceptors (Lipinski definition) is 1. The Bertz CT molecular complexity index is 238. The minimum Gasteiger partial charge on any atom is -0.377 e. The van der Waals surface area contributed by atoms with Gasteiger partial charge in [0.25, 0.3) is 0 Å². The molecular formula is C11H16O. The molecule has 66 valence electrons. The zero-order chi connectivity index (χ0) is 8.03. The summed E-state index contributed by atoms with van der Waals surface area (Å²) < 4.78 is 5.93. The third-order valence-electron chi connectivity index (χ3n) is 5.25. The van der Waals surface area contributed by atoms with Crippen LogP contribution in [-0.4, -0.2) is 12.7 Å². The third kappa shape index (κ3) is 0.363. The average molecular weight is 164 g/mol. The Hall–Kier alpha value is -0.0400. The van der Waals surface area contributed by atoms with Crippen molar-refractivity contribution in [1.82, 2.24) is 0 Å². The molecule has 0 heterocycles. The van der Waals surface area contributed by atoms with Gasteiger partial charge in [-0.3, -0.25) is 0 Å².